The fourth-order valence-electron chi connectivity index (χ4n) is 1.10. The van der Waals surface area contributed by atoms with Gasteiger partial charge < -0.3 is 19.2 Å². The third kappa shape index (κ3) is 14.5. The Bertz CT molecular complexity index is 435. The Morgan fingerprint density at radius 1 is 0.407 bits per heavy atom. The van der Waals surface area contributed by atoms with Crippen LogP contribution in [0.3, 0.4) is 0 Å². The number of rotatable bonds is 4. The van der Waals surface area contributed by atoms with Crippen molar-refractivity contribution in [2.75, 3.05) is 0 Å². The smallest absolute Gasteiger partial charge is 0.333 e. The molecule has 0 N–H and O–H groups in total. The Morgan fingerprint density at radius 2 is 0.519 bits per heavy atom. The molecule has 0 aromatic carbocycles. The van der Waals surface area contributed by atoms with Gasteiger partial charge in [-0.3, -0.25) is 12.8 Å². The first-order valence-corrected chi connectivity index (χ1v) is 8.97. The van der Waals surface area contributed by atoms with Gasteiger partial charge in [0.05, 0.1) is 0 Å². The maximum atomic E-state index is 11.4. The van der Waals surface area contributed by atoms with E-state index in [-0.39, 0.29) is 68.6 Å². The molecule has 0 heterocycles. The van der Waals surface area contributed by atoms with Gasteiger partial charge in [-0.15, -0.1) is 0 Å². The van der Waals surface area contributed by atoms with Gasteiger partial charge >= 0.3 is 45.5 Å². The van der Waals surface area contributed by atoms with E-state index in [1.165, 1.54) is 12.8 Å². The van der Waals surface area contributed by atoms with E-state index in [0.717, 1.165) is 0 Å². The molecule has 0 aromatic heterocycles. The van der Waals surface area contributed by atoms with Crippen LogP contribution in [0.5, 0.6) is 0 Å². The molecule has 0 radical (unpaired) electrons. The number of hydrogen-bond donors (Lipinski definition) is 0. The molecular formula is C22H38O4Sr. The van der Waals surface area contributed by atoms with Crippen molar-refractivity contribution >= 4 is 68.6 Å². The maximum Gasteiger partial charge on any atom is 2.00 e. The number of hydrogen-bond acceptors (Lipinski definition) is 4. The predicted molar refractivity (Wildman–Crippen MR) is 112 cm³/mol. The first kappa shape index (κ1) is 31.6. The maximum absolute atomic E-state index is 11.4. The zero-order valence-electron chi connectivity index (χ0n) is 19.5. The Balaban J connectivity index is -0.000000411. The van der Waals surface area contributed by atoms with Crippen molar-refractivity contribution in [1.29, 1.82) is 0 Å². The molecule has 0 aliphatic heterocycles. The standard InChI is InChI=1S/2C11H19O2.Sr/c2*1-10(2,3)8(12)7-9(13)11(4,5)6;/h2*7H,1-6H3;/q2*-1;+2. The second-order valence-electron chi connectivity index (χ2n) is 10.7. The van der Waals surface area contributed by atoms with Crippen LogP contribution in [0, 0.1) is 34.5 Å². The first-order chi connectivity index (χ1) is 11.1. The molecule has 0 rings (SSSR count). The molecule has 0 aromatic rings. The molecule has 0 fully saturated rings. The Morgan fingerprint density at radius 3 is 0.593 bits per heavy atom. The van der Waals surface area contributed by atoms with Gasteiger partial charge in [0.2, 0.25) is 0 Å². The average Bonchev–Trinajstić information content (AvgIpc) is 2.34. The summed E-state index contributed by atoms with van der Waals surface area (Å²) >= 11 is 0. The second-order valence-corrected chi connectivity index (χ2v) is 10.7. The van der Waals surface area contributed by atoms with Crippen LogP contribution in [0.15, 0.2) is 0 Å². The Kier molecular flexibility index (Phi) is 13.1. The van der Waals surface area contributed by atoms with E-state index in [0.29, 0.717) is 0 Å². The predicted octanol–water partition coefficient (Wildman–Crippen LogP) is 4.46. The summed E-state index contributed by atoms with van der Waals surface area (Å²) in [6.45, 7) is 21.7. The minimum atomic E-state index is -0.457. The van der Waals surface area contributed by atoms with E-state index in [1.807, 2.05) is 83.1 Å². The summed E-state index contributed by atoms with van der Waals surface area (Å²) in [5.41, 5.74) is -1.83. The third-order valence-electron chi connectivity index (χ3n) is 3.48. The van der Waals surface area contributed by atoms with Gasteiger partial charge in [0, 0.05) is 23.1 Å². The van der Waals surface area contributed by atoms with E-state index >= 15 is 0 Å². The molecule has 0 aliphatic rings. The largest absolute Gasteiger partial charge is 2.00 e. The summed E-state index contributed by atoms with van der Waals surface area (Å²) in [5, 5.41) is 0. The summed E-state index contributed by atoms with van der Waals surface area (Å²) in [6, 6.07) is 0. The van der Waals surface area contributed by atoms with Crippen molar-refractivity contribution in [2.24, 2.45) is 21.7 Å². The zero-order valence-corrected chi connectivity index (χ0v) is 23.0. The van der Waals surface area contributed by atoms with E-state index < -0.39 is 21.7 Å². The van der Waals surface area contributed by atoms with Gasteiger partial charge in [0.1, 0.15) is 0 Å². The molecule has 27 heavy (non-hydrogen) atoms. The van der Waals surface area contributed by atoms with Crippen LogP contribution in [0.25, 0.3) is 0 Å². The van der Waals surface area contributed by atoms with Crippen LogP contribution in [-0.2, 0) is 19.2 Å². The molecule has 0 saturated heterocycles. The molecule has 0 bridgehead atoms. The zero-order chi connectivity index (χ0) is 21.7. The summed E-state index contributed by atoms with van der Waals surface area (Å²) < 4.78 is 0. The molecule has 0 aliphatic carbocycles. The van der Waals surface area contributed by atoms with Crippen LogP contribution >= 0.6 is 0 Å². The average molecular weight is 454 g/mol. The molecule has 0 saturated carbocycles. The van der Waals surface area contributed by atoms with E-state index in [1.54, 1.807) is 0 Å². The number of ketones is 4. The second kappa shape index (κ2) is 11.2. The minimum absolute atomic E-state index is 0. The molecule has 0 atom stereocenters. The third-order valence-corrected chi connectivity index (χ3v) is 3.48. The van der Waals surface area contributed by atoms with Crippen molar-refractivity contribution < 1.29 is 19.2 Å². The fraction of sp³-hybridized carbons (Fsp3) is 0.727. The molecule has 4 nitrogen and oxygen atoms in total. The quantitative estimate of drug-likeness (QED) is 0.358. The fourth-order valence-corrected chi connectivity index (χ4v) is 1.10. The first-order valence-electron chi connectivity index (χ1n) is 8.97. The van der Waals surface area contributed by atoms with Gasteiger partial charge in [-0.1, -0.05) is 83.1 Å². The monoisotopic (exact) mass is 454 g/mol. The van der Waals surface area contributed by atoms with Crippen LogP contribution < -0.4 is 0 Å². The SMILES string of the molecule is CC(C)(C)C(=O)[CH-]C(=O)C(C)(C)C.CC(C)(C)C(=O)[CH-]C(=O)C(C)(C)C.[Sr+2]. The van der Waals surface area contributed by atoms with E-state index in [9.17, 15) is 19.2 Å². The van der Waals surface area contributed by atoms with Gasteiger partial charge in [-0.05, 0) is 21.7 Å². The van der Waals surface area contributed by atoms with E-state index in [4.69, 9.17) is 0 Å². The van der Waals surface area contributed by atoms with Crippen LogP contribution in [0.4, 0.5) is 0 Å². The van der Waals surface area contributed by atoms with Gasteiger partial charge in [-0.2, -0.15) is 0 Å². The topological polar surface area (TPSA) is 68.3 Å². The minimum Gasteiger partial charge on any atom is -0.333 e. The molecule has 0 spiro atoms. The van der Waals surface area contributed by atoms with Crippen molar-refractivity contribution in [3.05, 3.63) is 12.8 Å². The molecular weight excluding hydrogens is 416 g/mol. The van der Waals surface area contributed by atoms with Crippen molar-refractivity contribution in [3.8, 4) is 0 Å². The number of Topliss-reactive ketones (excluding diaryl/α,β-unsaturated/α-hetero) is 4. The molecule has 5 heteroatoms. The Labute approximate surface area is 203 Å². The summed E-state index contributed by atoms with van der Waals surface area (Å²) in [6.07, 6.45) is 2.44. The van der Waals surface area contributed by atoms with Crippen LogP contribution in [0.1, 0.15) is 83.1 Å². The molecule has 152 valence electrons. The Hall–Kier alpha value is -0.0995. The number of carbonyl (C=O) groups is 4. The summed E-state index contributed by atoms with van der Waals surface area (Å²) in [7, 11) is 0. The molecule has 0 amide bonds. The summed E-state index contributed by atoms with van der Waals surface area (Å²) in [5.74, 6) is -0.417. The van der Waals surface area contributed by atoms with Crippen LogP contribution in [0.2, 0.25) is 0 Å². The van der Waals surface area contributed by atoms with Gasteiger partial charge in [0.25, 0.3) is 0 Å². The molecule has 0 unspecified atom stereocenters. The van der Waals surface area contributed by atoms with Gasteiger partial charge in [-0.25, -0.2) is 0 Å². The van der Waals surface area contributed by atoms with Crippen molar-refractivity contribution in [1.82, 2.24) is 0 Å². The summed E-state index contributed by atoms with van der Waals surface area (Å²) in [4.78, 5) is 45.8. The van der Waals surface area contributed by atoms with E-state index in [2.05, 4.69) is 0 Å². The normalized spacial score (nSPS) is 12.0. The van der Waals surface area contributed by atoms with Crippen LogP contribution in [-0.4, -0.2) is 68.6 Å². The van der Waals surface area contributed by atoms with Gasteiger partial charge in [0.15, 0.2) is 0 Å². The number of carbonyl (C=O) groups excluding carboxylic acids is 4. The van der Waals surface area contributed by atoms with Crippen molar-refractivity contribution in [3.63, 3.8) is 0 Å². The van der Waals surface area contributed by atoms with Crippen molar-refractivity contribution in [2.45, 2.75) is 83.1 Å².